The van der Waals surface area contributed by atoms with Crippen LogP contribution < -0.4 is 25.8 Å². The maximum atomic E-state index is 13.3. The largest absolute Gasteiger partial charge is 0.480 e. The number of carbonyl (C=O) groups is 2. The molecule has 5 rings (SSSR count). The summed E-state index contributed by atoms with van der Waals surface area (Å²) in [5.74, 6) is -1.15. The normalized spacial score (nSPS) is 11.2. The molecule has 0 unspecified atom stereocenters. The lowest BCUT2D eigenvalue weighted by atomic mass is 10.0. The summed E-state index contributed by atoms with van der Waals surface area (Å²) in [6.45, 7) is 1.74. The maximum absolute atomic E-state index is 13.3. The Morgan fingerprint density at radius 1 is 0.891 bits per heavy atom. The number of ether oxygens (including phenoxy) is 3. The van der Waals surface area contributed by atoms with Gasteiger partial charge in [-0.2, -0.15) is 18.2 Å². The molecule has 0 aliphatic rings. The summed E-state index contributed by atoms with van der Waals surface area (Å²) in [7, 11) is 2.90. The van der Waals surface area contributed by atoms with E-state index < -0.39 is 23.6 Å². The lowest BCUT2D eigenvalue weighted by Gasteiger charge is -2.17. The molecule has 46 heavy (non-hydrogen) atoms. The highest BCUT2D eigenvalue weighted by Gasteiger charge is 2.30. The lowest BCUT2D eigenvalue weighted by molar-refractivity contribution is -0.137. The van der Waals surface area contributed by atoms with E-state index in [0.29, 0.717) is 27.7 Å². The second-order valence-corrected chi connectivity index (χ2v) is 9.77. The minimum absolute atomic E-state index is 0.0551. The number of hydrogen-bond donors (Lipinski definition) is 3. The SMILES string of the molecule is CCOC(=O)c1cc(Nc2cccc(C(F)(F)F)c2)cc(Nc2c(C(N)=O)cnc3cc(-c4cnc(OC)nc4OC)ccc23)c1. The number of halogens is 3. The number of esters is 1. The molecule has 0 atom stereocenters. The fraction of sp³-hybridized carbons (Fsp3) is 0.156. The number of nitrogens with one attached hydrogen (secondary N) is 2. The third-order valence-corrected chi connectivity index (χ3v) is 6.75. The van der Waals surface area contributed by atoms with E-state index in [1.165, 1.54) is 44.7 Å². The molecule has 0 spiro atoms. The third kappa shape index (κ3) is 6.75. The van der Waals surface area contributed by atoms with Crippen molar-refractivity contribution in [3.8, 4) is 23.0 Å². The van der Waals surface area contributed by atoms with Gasteiger partial charge in [-0.1, -0.05) is 18.2 Å². The van der Waals surface area contributed by atoms with Gasteiger partial charge in [0.25, 0.3) is 5.91 Å². The Kier molecular flexibility index (Phi) is 8.89. The Labute approximate surface area is 260 Å². The van der Waals surface area contributed by atoms with Crippen molar-refractivity contribution < 1.29 is 37.0 Å². The second kappa shape index (κ2) is 13.0. The van der Waals surface area contributed by atoms with Gasteiger partial charge in [0.1, 0.15) is 0 Å². The molecule has 3 aromatic carbocycles. The van der Waals surface area contributed by atoms with Crippen LogP contribution in [0.15, 0.2) is 73.1 Å². The molecule has 0 radical (unpaired) electrons. The van der Waals surface area contributed by atoms with Crippen molar-refractivity contribution >= 4 is 45.5 Å². The van der Waals surface area contributed by atoms with Gasteiger partial charge in [0.05, 0.1) is 54.3 Å². The molecule has 5 aromatic rings. The fourth-order valence-corrected chi connectivity index (χ4v) is 4.67. The van der Waals surface area contributed by atoms with E-state index in [1.54, 1.807) is 37.4 Å². The van der Waals surface area contributed by atoms with E-state index in [0.717, 1.165) is 12.1 Å². The molecular formula is C32H27F3N6O5. The molecule has 0 saturated heterocycles. The Bertz CT molecular complexity index is 1950. The van der Waals surface area contributed by atoms with E-state index in [9.17, 15) is 22.8 Å². The number of nitrogens with two attached hydrogens (primary N) is 1. The monoisotopic (exact) mass is 632 g/mol. The Morgan fingerprint density at radius 3 is 2.33 bits per heavy atom. The van der Waals surface area contributed by atoms with Crippen molar-refractivity contribution in [3.63, 3.8) is 0 Å². The van der Waals surface area contributed by atoms with E-state index in [4.69, 9.17) is 19.9 Å². The molecule has 0 saturated carbocycles. The minimum Gasteiger partial charge on any atom is -0.480 e. The van der Waals surface area contributed by atoms with Gasteiger partial charge in [-0.3, -0.25) is 9.78 Å². The summed E-state index contributed by atoms with van der Waals surface area (Å²) in [6, 6.07) is 14.5. The number of carbonyl (C=O) groups excluding carboxylic acids is 2. The highest BCUT2D eigenvalue weighted by atomic mass is 19.4. The molecular weight excluding hydrogens is 605 g/mol. The molecule has 2 aromatic heterocycles. The number of alkyl halides is 3. The summed E-state index contributed by atoms with van der Waals surface area (Å²) in [5.41, 5.74) is 7.72. The zero-order valence-electron chi connectivity index (χ0n) is 24.7. The number of pyridine rings is 1. The summed E-state index contributed by atoms with van der Waals surface area (Å²) in [5, 5.41) is 6.58. The predicted molar refractivity (Wildman–Crippen MR) is 165 cm³/mol. The molecule has 1 amide bonds. The van der Waals surface area contributed by atoms with Gasteiger partial charge in [0.15, 0.2) is 0 Å². The van der Waals surface area contributed by atoms with E-state index in [-0.39, 0.29) is 46.7 Å². The molecule has 236 valence electrons. The first-order valence-electron chi connectivity index (χ1n) is 13.7. The van der Waals surface area contributed by atoms with E-state index in [2.05, 4.69) is 25.6 Å². The van der Waals surface area contributed by atoms with E-state index >= 15 is 0 Å². The number of rotatable bonds is 10. The third-order valence-electron chi connectivity index (χ3n) is 6.75. The van der Waals surface area contributed by atoms with Crippen LogP contribution in [0, 0.1) is 0 Å². The number of anilines is 4. The number of primary amides is 1. The average Bonchev–Trinajstić information content (AvgIpc) is 3.04. The van der Waals surface area contributed by atoms with Gasteiger partial charge in [0.2, 0.25) is 5.88 Å². The minimum atomic E-state index is -4.55. The maximum Gasteiger partial charge on any atom is 0.416 e. The summed E-state index contributed by atoms with van der Waals surface area (Å²) in [4.78, 5) is 38.0. The predicted octanol–water partition coefficient (Wildman–Crippen LogP) is 6.49. The Hall–Kier alpha value is -5.92. The second-order valence-electron chi connectivity index (χ2n) is 9.77. The summed E-state index contributed by atoms with van der Waals surface area (Å²) >= 11 is 0. The molecule has 2 heterocycles. The zero-order chi connectivity index (χ0) is 33.0. The van der Waals surface area contributed by atoms with Crippen molar-refractivity contribution in [3.05, 3.63) is 89.7 Å². The first-order chi connectivity index (χ1) is 22.0. The van der Waals surface area contributed by atoms with Gasteiger partial charge in [0, 0.05) is 34.8 Å². The van der Waals surface area contributed by atoms with Crippen LogP contribution in [0.5, 0.6) is 11.9 Å². The van der Waals surface area contributed by atoms with Crippen molar-refractivity contribution in [1.29, 1.82) is 0 Å². The van der Waals surface area contributed by atoms with Crippen molar-refractivity contribution in [2.75, 3.05) is 31.5 Å². The molecule has 0 aliphatic carbocycles. The molecule has 14 heteroatoms. The number of methoxy groups -OCH3 is 2. The standard InChI is InChI=1S/C32H27F3N6O5/c1-4-46-30(43)18-10-21(39-20-7-5-6-19(13-20)32(33,34)35)14-22(11-18)40-27-23-9-8-17(12-26(23)37-16-25(27)28(36)42)24-15-38-31(45-3)41-29(24)44-2/h5-16,39H,4H2,1-3H3,(H2,36,42)(H,37,40). The number of nitrogens with zero attached hydrogens (tertiary/aromatic N) is 3. The molecule has 11 nitrogen and oxygen atoms in total. The fourth-order valence-electron chi connectivity index (χ4n) is 4.67. The van der Waals surface area contributed by atoms with Crippen LogP contribution in [-0.4, -0.2) is 47.7 Å². The van der Waals surface area contributed by atoms with Crippen LogP contribution in [0.3, 0.4) is 0 Å². The number of hydrogen-bond acceptors (Lipinski definition) is 10. The van der Waals surface area contributed by atoms with E-state index in [1.807, 2.05) is 0 Å². The summed E-state index contributed by atoms with van der Waals surface area (Å²) < 4.78 is 55.6. The van der Waals surface area contributed by atoms with Gasteiger partial charge in [-0.15, -0.1) is 0 Å². The van der Waals surface area contributed by atoms with Crippen LogP contribution >= 0.6 is 0 Å². The van der Waals surface area contributed by atoms with Crippen molar-refractivity contribution in [2.24, 2.45) is 5.73 Å². The zero-order valence-corrected chi connectivity index (χ0v) is 24.7. The summed E-state index contributed by atoms with van der Waals surface area (Å²) in [6.07, 6.45) is -1.69. The van der Waals surface area contributed by atoms with Crippen LogP contribution in [0.25, 0.3) is 22.0 Å². The highest BCUT2D eigenvalue weighted by molar-refractivity contribution is 6.08. The van der Waals surface area contributed by atoms with Gasteiger partial charge in [-0.25, -0.2) is 9.78 Å². The number of amides is 1. The smallest absolute Gasteiger partial charge is 0.416 e. The van der Waals surface area contributed by atoms with Crippen LogP contribution in [0.2, 0.25) is 0 Å². The average molecular weight is 633 g/mol. The number of benzene rings is 3. The van der Waals surface area contributed by atoms with Crippen LogP contribution in [0.1, 0.15) is 33.2 Å². The van der Waals surface area contributed by atoms with Crippen LogP contribution in [-0.2, 0) is 10.9 Å². The van der Waals surface area contributed by atoms with Crippen LogP contribution in [0.4, 0.5) is 35.9 Å². The Morgan fingerprint density at radius 2 is 1.65 bits per heavy atom. The highest BCUT2D eigenvalue weighted by Crippen LogP contribution is 2.36. The number of fused-ring (bicyclic) bond motifs is 1. The first-order valence-corrected chi connectivity index (χ1v) is 13.7. The topological polar surface area (TPSA) is 151 Å². The molecule has 4 N–H and O–H groups in total. The number of aromatic nitrogens is 3. The lowest BCUT2D eigenvalue weighted by Crippen LogP contribution is -2.14. The van der Waals surface area contributed by atoms with Gasteiger partial charge in [-0.05, 0) is 55.0 Å². The molecule has 0 fully saturated rings. The molecule has 0 aliphatic heterocycles. The Balaban J connectivity index is 1.59. The molecule has 0 bridgehead atoms. The first kappa shape index (κ1) is 31.5. The van der Waals surface area contributed by atoms with Gasteiger partial charge < -0.3 is 30.6 Å². The van der Waals surface area contributed by atoms with Gasteiger partial charge >= 0.3 is 18.2 Å². The quantitative estimate of drug-likeness (QED) is 0.146. The van der Waals surface area contributed by atoms with Crippen molar-refractivity contribution in [1.82, 2.24) is 15.0 Å². The van der Waals surface area contributed by atoms with Crippen molar-refractivity contribution in [2.45, 2.75) is 13.1 Å².